The van der Waals surface area contributed by atoms with Crippen LogP contribution in [-0.4, -0.2) is 9.97 Å². The van der Waals surface area contributed by atoms with Crippen molar-refractivity contribution in [3.63, 3.8) is 0 Å². The Labute approximate surface area is 253 Å². The number of pyridine rings is 2. The van der Waals surface area contributed by atoms with Crippen LogP contribution in [-0.2, 0) is 0 Å². The molecule has 44 heavy (non-hydrogen) atoms. The van der Waals surface area contributed by atoms with Crippen molar-refractivity contribution in [3.05, 3.63) is 145 Å². The quantitative estimate of drug-likeness (QED) is 0.202. The third-order valence-corrected chi connectivity index (χ3v) is 8.40. The van der Waals surface area contributed by atoms with Gasteiger partial charge in [0.2, 0.25) is 0 Å². The third kappa shape index (κ3) is 3.83. The van der Waals surface area contributed by atoms with Crippen LogP contribution in [0.1, 0.15) is 11.1 Å². The number of hydrogen-bond acceptors (Lipinski definition) is 4. The number of aromatic nitrogens is 2. The second-order valence-corrected chi connectivity index (χ2v) is 10.8. The lowest BCUT2D eigenvalue weighted by molar-refractivity contribution is 1.32. The van der Waals surface area contributed by atoms with Gasteiger partial charge in [-0.1, -0.05) is 97.1 Å². The van der Waals surface area contributed by atoms with Crippen LogP contribution < -0.4 is 0 Å². The van der Waals surface area contributed by atoms with Crippen LogP contribution in [0.15, 0.2) is 134 Å². The van der Waals surface area contributed by atoms with E-state index in [4.69, 9.17) is 9.97 Å². The van der Waals surface area contributed by atoms with Crippen molar-refractivity contribution in [2.75, 3.05) is 0 Å². The van der Waals surface area contributed by atoms with Gasteiger partial charge < -0.3 is 0 Å². The van der Waals surface area contributed by atoms with Gasteiger partial charge in [-0.2, -0.15) is 10.5 Å². The smallest absolute Gasteiger partial charge is 0.0992 e. The lowest BCUT2D eigenvalue weighted by atomic mass is 9.82. The Balaban J connectivity index is 1.58. The summed E-state index contributed by atoms with van der Waals surface area (Å²) in [5, 5.41) is 28.1. The van der Waals surface area contributed by atoms with Crippen LogP contribution in [0.25, 0.3) is 76.7 Å². The van der Waals surface area contributed by atoms with Crippen molar-refractivity contribution in [3.8, 4) is 45.8 Å². The average Bonchev–Trinajstić information content (AvgIpc) is 3.09. The molecule has 0 aliphatic heterocycles. The highest BCUT2D eigenvalue weighted by Crippen LogP contribution is 2.49. The molecule has 0 N–H and O–H groups in total. The van der Waals surface area contributed by atoms with Gasteiger partial charge in [-0.3, -0.25) is 9.97 Å². The molecule has 0 unspecified atom stereocenters. The summed E-state index contributed by atoms with van der Waals surface area (Å²) in [4.78, 5) is 9.48. The fraction of sp³-hybridized carbons (Fsp3) is 0. The molecule has 0 aliphatic rings. The van der Waals surface area contributed by atoms with Gasteiger partial charge in [0.15, 0.2) is 0 Å². The molecule has 2 aromatic heterocycles. The number of nitriles is 2. The van der Waals surface area contributed by atoms with Crippen LogP contribution >= 0.6 is 0 Å². The molecule has 0 fully saturated rings. The van der Waals surface area contributed by atoms with E-state index in [1.54, 1.807) is 24.5 Å². The predicted octanol–water partition coefficient (Wildman–Crippen LogP) is 9.83. The van der Waals surface area contributed by atoms with Crippen LogP contribution in [0.4, 0.5) is 0 Å². The molecule has 0 atom stereocenters. The number of hydrogen-bond donors (Lipinski definition) is 0. The Bertz CT molecular complexity index is 2240. The molecule has 0 saturated heterocycles. The molecule has 2 heterocycles. The van der Waals surface area contributed by atoms with Crippen molar-refractivity contribution >= 4 is 43.1 Å². The summed E-state index contributed by atoms with van der Waals surface area (Å²) >= 11 is 0. The first-order chi connectivity index (χ1) is 21.8. The topological polar surface area (TPSA) is 73.4 Å². The summed E-state index contributed by atoms with van der Waals surface area (Å²) in [7, 11) is 0. The number of fused-ring (bicyclic) bond motifs is 4. The van der Waals surface area contributed by atoms with Crippen molar-refractivity contribution in [1.82, 2.24) is 9.97 Å². The molecule has 0 amide bonds. The SMILES string of the molecule is N#Cc1ccnc(-c2c3ccccc3c(-c3c4ccccc4c(-c4cc(C#N)ccn4)c4ccccc34)c3ccccc23)c1. The Morgan fingerprint density at radius 2 is 0.636 bits per heavy atom. The maximum atomic E-state index is 9.67. The van der Waals surface area contributed by atoms with E-state index in [0.29, 0.717) is 11.1 Å². The van der Waals surface area contributed by atoms with Crippen molar-refractivity contribution in [1.29, 1.82) is 10.5 Å². The minimum Gasteiger partial charge on any atom is -0.256 e. The van der Waals surface area contributed by atoms with Gasteiger partial charge in [0.1, 0.15) is 0 Å². The molecule has 0 spiro atoms. The second-order valence-electron chi connectivity index (χ2n) is 10.8. The van der Waals surface area contributed by atoms with Gasteiger partial charge in [-0.05, 0) is 78.5 Å². The maximum absolute atomic E-state index is 9.67. The second kappa shape index (κ2) is 10.2. The van der Waals surface area contributed by atoms with Gasteiger partial charge >= 0.3 is 0 Å². The third-order valence-electron chi connectivity index (χ3n) is 8.40. The van der Waals surface area contributed by atoms with Gasteiger partial charge in [0, 0.05) is 23.5 Å². The molecular formula is C40H22N4. The lowest BCUT2D eigenvalue weighted by Crippen LogP contribution is -1.96. The van der Waals surface area contributed by atoms with Crippen LogP contribution in [0.2, 0.25) is 0 Å². The van der Waals surface area contributed by atoms with Gasteiger partial charge in [-0.25, -0.2) is 0 Å². The molecule has 8 rings (SSSR count). The number of rotatable bonds is 3. The van der Waals surface area contributed by atoms with E-state index in [0.717, 1.165) is 76.7 Å². The first kappa shape index (κ1) is 25.4. The van der Waals surface area contributed by atoms with Crippen LogP contribution in [0.3, 0.4) is 0 Å². The normalized spacial score (nSPS) is 11.1. The zero-order valence-electron chi connectivity index (χ0n) is 23.5. The minimum atomic E-state index is 0.578. The predicted molar refractivity (Wildman–Crippen MR) is 178 cm³/mol. The standard InChI is InChI=1S/C40H22N4/c41-23-25-17-19-43-35(21-25)37-27-9-1-5-13-31(27)39(32-14-6-2-10-28(32)37)40-33-15-7-3-11-29(33)38(30-12-4-8-16-34(30)40)36-22-26(24-42)18-20-44-36/h1-22H. The largest absolute Gasteiger partial charge is 0.256 e. The molecule has 4 heteroatoms. The molecule has 0 bridgehead atoms. The molecule has 0 aliphatic carbocycles. The molecule has 0 radical (unpaired) electrons. The highest BCUT2D eigenvalue weighted by atomic mass is 14.7. The van der Waals surface area contributed by atoms with Crippen LogP contribution in [0, 0.1) is 22.7 Å². The molecule has 4 nitrogen and oxygen atoms in total. The van der Waals surface area contributed by atoms with E-state index in [1.807, 2.05) is 12.1 Å². The number of nitrogens with zero attached hydrogens (tertiary/aromatic N) is 4. The fourth-order valence-electron chi connectivity index (χ4n) is 6.62. The van der Waals surface area contributed by atoms with Crippen molar-refractivity contribution in [2.45, 2.75) is 0 Å². The van der Waals surface area contributed by atoms with E-state index < -0.39 is 0 Å². The first-order valence-corrected chi connectivity index (χ1v) is 14.4. The first-order valence-electron chi connectivity index (χ1n) is 14.4. The molecular weight excluding hydrogens is 536 g/mol. The van der Waals surface area contributed by atoms with E-state index in [2.05, 4.69) is 109 Å². The van der Waals surface area contributed by atoms with E-state index >= 15 is 0 Å². The van der Waals surface area contributed by atoms with Gasteiger partial charge in [0.05, 0.1) is 34.7 Å². The lowest BCUT2D eigenvalue weighted by Gasteiger charge is -2.21. The van der Waals surface area contributed by atoms with E-state index in [9.17, 15) is 10.5 Å². The molecule has 6 aromatic carbocycles. The highest BCUT2D eigenvalue weighted by Gasteiger charge is 2.22. The van der Waals surface area contributed by atoms with Crippen molar-refractivity contribution < 1.29 is 0 Å². The molecule has 202 valence electrons. The Morgan fingerprint density at radius 1 is 0.364 bits per heavy atom. The fourth-order valence-corrected chi connectivity index (χ4v) is 6.62. The zero-order chi connectivity index (χ0) is 29.6. The van der Waals surface area contributed by atoms with Gasteiger partial charge in [0.25, 0.3) is 0 Å². The zero-order valence-corrected chi connectivity index (χ0v) is 23.5. The Hall–Kier alpha value is -6.36. The number of benzene rings is 6. The monoisotopic (exact) mass is 558 g/mol. The minimum absolute atomic E-state index is 0.578. The summed E-state index contributed by atoms with van der Waals surface area (Å²) in [6.07, 6.45) is 3.42. The van der Waals surface area contributed by atoms with E-state index in [1.165, 1.54) is 0 Å². The molecule has 8 aromatic rings. The van der Waals surface area contributed by atoms with Crippen molar-refractivity contribution in [2.24, 2.45) is 0 Å². The summed E-state index contributed by atoms with van der Waals surface area (Å²) < 4.78 is 0. The molecule has 0 saturated carbocycles. The van der Waals surface area contributed by atoms with Gasteiger partial charge in [-0.15, -0.1) is 0 Å². The maximum Gasteiger partial charge on any atom is 0.0992 e. The Morgan fingerprint density at radius 3 is 0.909 bits per heavy atom. The summed E-state index contributed by atoms with van der Waals surface area (Å²) in [5.41, 5.74) is 7.03. The summed E-state index contributed by atoms with van der Waals surface area (Å²) in [5.74, 6) is 0. The summed E-state index contributed by atoms with van der Waals surface area (Å²) in [6.45, 7) is 0. The Kier molecular flexibility index (Phi) is 5.86. The average molecular weight is 559 g/mol. The van der Waals surface area contributed by atoms with E-state index in [-0.39, 0.29) is 0 Å². The highest BCUT2D eigenvalue weighted by molar-refractivity contribution is 6.29. The van der Waals surface area contributed by atoms with Crippen LogP contribution in [0.5, 0.6) is 0 Å². The summed E-state index contributed by atoms with van der Waals surface area (Å²) in [6, 6.07) is 45.7.